The molecule has 0 saturated heterocycles. The van der Waals surface area contributed by atoms with E-state index in [1.54, 1.807) is 0 Å². The van der Waals surface area contributed by atoms with E-state index in [0.29, 0.717) is 6.04 Å². The third kappa shape index (κ3) is 6.07. The first-order chi connectivity index (χ1) is 9.21. The van der Waals surface area contributed by atoms with Gasteiger partial charge in [0.1, 0.15) is 0 Å². The fourth-order valence-corrected chi connectivity index (χ4v) is 2.56. The van der Waals surface area contributed by atoms with Crippen LogP contribution >= 0.6 is 15.9 Å². The van der Waals surface area contributed by atoms with Crippen LogP contribution in [0.1, 0.15) is 44.7 Å². The number of unbranched alkanes of at least 4 members (excludes halogenated alkanes) is 1. The van der Waals surface area contributed by atoms with E-state index in [4.69, 9.17) is 0 Å². The van der Waals surface area contributed by atoms with Crippen LogP contribution in [-0.2, 0) is 0 Å². The van der Waals surface area contributed by atoms with Gasteiger partial charge < -0.3 is 10.2 Å². The van der Waals surface area contributed by atoms with E-state index >= 15 is 0 Å². The number of halogens is 1. The highest BCUT2D eigenvalue weighted by molar-refractivity contribution is 9.10. The molecule has 1 N–H and O–H groups in total. The Bertz CT molecular complexity index is 337. The summed E-state index contributed by atoms with van der Waals surface area (Å²) in [6, 6.07) is 9.09. The summed E-state index contributed by atoms with van der Waals surface area (Å²) >= 11 is 3.49. The molecule has 0 amide bonds. The molecule has 0 bridgehead atoms. The van der Waals surface area contributed by atoms with Crippen LogP contribution in [0.2, 0.25) is 0 Å². The molecular weight excluding hydrogens is 300 g/mol. The van der Waals surface area contributed by atoms with Gasteiger partial charge in [0, 0.05) is 10.5 Å². The summed E-state index contributed by atoms with van der Waals surface area (Å²) in [6.07, 6.45) is 3.74. The van der Waals surface area contributed by atoms with Gasteiger partial charge in [-0.2, -0.15) is 0 Å². The van der Waals surface area contributed by atoms with Crippen LogP contribution in [0, 0.1) is 0 Å². The Labute approximate surface area is 126 Å². The minimum absolute atomic E-state index is 0.448. The molecule has 0 heterocycles. The van der Waals surface area contributed by atoms with Crippen LogP contribution in [0.4, 0.5) is 0 Å². The van der Waals surface area contributed by atoms with Crippen LogP contribution in [0.25, 0.3) is 0 Å². The van der Waals surface area contributed by atoms with Crippen molar-refractivity contribution in [3.8, 4) is 0 Å². The molecule has 0 spiro atoms. The zero-order valence-electron chi connectivity index (χ0n) is 12.5. The first kappa shape index (κ1) is 16.7. The van der Waals surface area contributed by atoms with Crippen molar-refractivity contribution in [1.29, 1.82) is 0 Å². The minimum Gasteiger partial charge on any atom is -0.313 e. The second-order valence-electron chi connectivity index (χ2n) is 4.97. The Balaban J connectivity index is 2.49. The summed E-state index contributed by atoms with van der Waals surface area (Å²) < 4.78 is 1.14. The monoisotopic (exact) mass is 326 g/mol. The van der Waals surface area contributed by atoms with E-state index in [1.807, 2.05) is 0 Å². The van der Waals surface area contributed by atoms with Gasteiger partial charge in [-0.3, -0.25) is 0 Å². The fourth-order valence-electron chi connectivity index (χ4n) is 2.29. The second kappa shape index (κ2) is 9.51. The average Bonchev–Trinajstić information content (AvgIpc) is 2.44. The van der Waals surface area contributed by atoms with E-state index in [2.05, 4.69) is 71.3 Å². The van der Waals surface area contributed by atoms with E-state index in [9.17, 15) is 0 Å². The molecule has 1 rings (SSSR count). The van der Waals surface area contributed by atoms with Gasteiger partial charge in [0.2, 0.25) is 0 Å². The highest BCUT2D eigenvalue weighted by Gasteiger charge is 2.11. The lowest BCUT2D eigenvalue weighted by Crippen LogP contribution is -2.29. The summed E-state index contributed by atoms with van der Waals surface area (Å²) in [5.41, 5.74) is 1.37. The molecule has 1 atom stereocenters. The van der Waals surface area contributed by atoms with Crippen molar-refractivity contribution in [3.63, 3.8) is 0 Å². The molecule has 1 aromatic carbocycles. The Morgan fingerprint density at radius 3 is 2.37 bits per heavy atom. The molecule has 3 heteroatoms. The summed E-state index contributed by atoms with van der Waals surface area (Å²) in [5.74, 6) is 0. The van der Waals surface area contributed by atoms with Crippen molar-refractivity contribution in [2.45, 2.75) is 39.2 Å². The Morgan fingerprint density at radius 1 is 1.16 bits per heavy atom. The van der Waals surface area contributed by atoms with Gasteiger partial charge in [-0.25, -0.2) is 0 Å². The van der Waals surface area contributed by atoms with Gasteiger partial charge in [0.05, 0.1) is 0 Å². The SMILES string of the molecule is CCCCN(CC)CCC(NC)c1ccc(Br)cc1. The highest BCUT2D eigenvalue weighted by Crippen LogP contribution is 2.19. The molecule has 0 radical (unpaired) electrons. The predicted molar refractivity (Wildman–Crippen MR) is 87.6 cm³/mol. The molecule has 108 valence electrons. The topological polar surface area (TPSA) is 15.3 Å². The first-order valence-corrected chi connectivity index (χ1v) is 8.15. The van der Waals surface area contributed by atoms with Crippen molar-refractivity contribution in [2.75, 3.05) is 26.7 Å². The van der Waals surface area contributed by atoms with E-state index in [-0.39, 0.29) is 0 Å². The van der Waals surface area contributed by atoms with Crippen LogP contribution in [0.15, 0.2) is 28.7 Å². The maximum Gasteiger partial charge on any atom is 0.0329 e. The van der Waals surface area contributed by atoms with E-state index in [0.717, 1.165) is 24.0 Å². The third-order valence-electron chi connectivity index (χ3n) is 3.63. The van der Waals surface area contributed by atoms with Crippen LogP contribution in [-0.4, -0.2) is 31.6 Å². The summed E-state index contributed by atoms with van der Waals surface area (Å²) in [5, 5.41) is 3.43. The van der Waals surface area contributed by atoms with E-state index < -0.39 is 0 Å². The van der Waals surface area contributed by atoms with Gasteiger partial charge in [-0.15, -0.1) is 0 Å². The van der Waals surface area contributed by atoms with Gasteiger partial charge in [0.25, 0.3) is 0 Å². The summed E-state index contributed by atoms with van der Waals surface area (Å²) in [7, 11) is 2.05. The Morgan fingerprint density at radius 2 is 1.84 bits per heavy atom. The van der Waals surface area contributed by atoms with Gasteiger partial charge in [-0.1, -0.05) is 48.3 Å². The maximum absolute atomic E-state index is 3.49. The Kier molecular flexibility index (Phi) is 8.35. The predicted octanol–water partition coefficient (Wildman–Crippen LogP) is 4.22. The average molecular weight is 327 g/mol. The second-order valence-corrected chi connectivity index (χ2v) is 5.88. The standard InChI is InChI=1S/C16H27BrN2/c1-4-6-12-19(5-2)13-11-16(18-3)14-7-9-15(17)10-8-14/h7-10,16,18H,4-6,11-13H2,1-3H3. The minimum atomic E-state index is 0.448. The quantitative estimate of drug-likeness (QED) is 0.730. The molecule has 0 aliphatic rings. The smallest absolute Gasteiger partial charge is 0.0329 e. The zero-order valence-corrected chi connectivity index (χ0v) is 14.0. The number of benzene rings is 1. The molecule has 19 heavy (non-hydrogen) atoms. The molecule has 0 saturated carbocycles. The number of hydrogen-bond donors (Lipinski definition) is 1. The first-order valence-electron chi connectivity index (χ1n) is 7.36. The summed E-state index contributed by atoms with van der Waals surface area (Å²) in [6.45, 7) is 8.05. The number of hydrogen-bond acceptors (Lipinski definition) is 2. The van der Waals surface area contributed by atoms with Crippen molar-refractivity contribution < 1.29 is 0 Å². The number of nitrogens with zero attached hydrogens (tertiary/aromatic N) is 1. The molecular formula is C16H27BrN2. The van der Waals surface area contributed by atoms with Crippen molar-refractivity contribution in [2.24, 2.45) is 0 Å². The number of rotatable bonds is 9. The largest absolute Gasteiger partial charge is 0.313 e. The summed E-state index contributed by atoms with van der Waals surface area (Å²) in [4.78, 5) is 2.55. The Hall–Kier alpha value is -0.380. The van der Waals surface area contributed by atoms with Gasteiger partial charge >= 0.3 is 0 Å². The van der Waals surface area contributed by atoms with Crippen molar-refractivity contribution >= 4 is 15.9 Å². The molecule has 2 nitrogen and oxygen atoms in total. The molecule has 1 unspecified atom stereocenters. The van der Waals surface area contributed by atoms with Crippen molar-refractivity contribution in [1.82, 2.24) is 10.2 Å². The lowest BCUT2D eigenvalue weighted by Gasteiger charge is -2.24. The molecule has 0 aliphatic heterocycles. The van der Waals surface area contributed by atoms with Crippen molar-refractivity contribution in [3.05, 3.63) is 34.3 Å². The van der Waals surface area contributed by atoms with Gasteiger partial charge in [0.15, 0.2) is 0 Å². The fraction of sp³-hybridized carbons (Fsp3) is 0.625. The lowest BCUT2D eigenvalue weighted by atomic mass is 10.0. The molecule has 1 aromatic rings. The van der Waals surface area contributed by atoms with Crippen LogP contribution < -0.4 is 5.32 Å². The van der Waals surface area contributed by atoms with Crippen LogP contribution in [0.5, 0.6) is 0 Å². The normalized spacial score (nSPS) is 12.9. The lowest BCUT2D eigenvalue weighted by molar-refractivity contribution is 0.267. The van der Waals surface area contributed by atoms with E-state index in [1.165, 1.54) is 24.9 Å². The third-order valence-corrected chi connectivity index (χ3v) is 4.16. The number of nitrogens with one attached hydrogen (secondary N) is 1. The zero-order chi connectivity index (χ0) is 14.1. The maximum atomic E-state index is 3.49. The molecule has 0 fully saturated rings. The highest BCUT2D eigenvalue weighted by atomic mass is 79.9. The van der Waals surface area contributed by atoms with Crippen LogP contribution in [0.3, 0.4) is 0 Å². The molecule has 0 aromatic heterocycles. The molecule has 0 aliphatic carbocycles. The van der Waals surface area contributed by atoms with Gasteiger partial charge in [-0.05, 0) is 57.2 Å².